The van der Waals surface area contributed by atoms with E-state index >= 15 is 0 Å². The average Bonchev–Trinajstić information content (AvgIpc) is 2.87. The summed E-state index contributed by atoms with van der Waals surface area (Å²) < 4.78 is 0. The highest BCUT2D eigenvalue weighted by molar-refractivity contribution is 7.09. The fraction of sp³-hybridized carbons (Fsp3) is 0.333. The predicted octanol–water partition coefficient (Wildman–Crippen LogP) is 1.72. The molecule has 1 unspecified atom stereocenters. The van der Waals surface area contributed by atoms with Crippen LogP contribution in [-0.2, 0) is 6.54 Å². The second kappa shape index (κ2) is 4.34. The van der Waals surface area contributed by atoms with Crippen molar-refractivity contribution in [2.75, 3.05) is 0 Å². The molecule has 0 bridgehead atoms. The van der Waals surface area contributed by atoms with Crippen molar-refractivity contribution in [3.05, 3.63) is 34.5 Å². The number of nitrogens with zero attached hydrogens (tertiary/aromatic N) is 2. The number of hydrogen-bond acceptors (Lipinski definition) is 4. The maximum Gasteiger partial charge on any atom is 0.0794 e. The second-order valence-electron chi connectivity index (χ2n) is 3.10. The lowest BCUT2D eigenvalue weighted by molar-refractivity contribution is 0.578. The van der Waals surface area contributed by atoms with Crippen LogP contribution in [0.25, 0.3) is 0 Å². The Morgan fingerprint density at radius 3 is 3.14 bits per heavy atom. The van der Waals surface area contributed by atoms with Gasteiger partial charge in [0.05, 0.1) is 11.7 Å². The summed E-state index contributed by atoms with van der Waals surface area (Å²) in [5.74, 6) is 0. The Morgan fingerprint density at radius 1 is 1.57 bits per heavy atom. The molecule has 0 radical (unpaired) electrons. The summed E-state index contributed by atoms with van der Waals surface area (Å²) in [5, 5.41) is 10.1. The SMILES string of the molecule is CC(NCc1cncs1)c1cn[nH]c1. The lowest BCUT2D eigenvalue weighted by atomic mass is 10.2. The zero-order chi connectivity index (χ0) is 9.80. The van der Waals surface area contributed by atoms with Gasteiger partial charge in [0.1, 0.15) is 0 Å². The Labute approximate surface area is 86.4 Å². The molecule has 2 N–H and O–H groups in total. The van der Waals surface area contributed by atoms with Crippen LogP contribution in [0.1, 0.15) is 23.4 Å². The summed E-state index contributed by atoms with van der Waals surface area (Å²) in [6, 6.07) is 0.316. The lowest BCUT2D eigenvalue weighted by Gasteiger charge is -2.09. The van der Waals surface area contributed by atoms with E-state index in [-0.39, 0.29) is 0 Å². The molecule has 0 spiro atoms. The number of aromatic amines is 1. The number of H-pyrrole nitrogens is 1. The van der Waals surface area contributed by atoms with E-state index < -0.39 is 0 Å². The molecule has 0 aliphatic rings. The summed E-state index contributed by atoms with van der Waals surface area (Å²) in [5.41, 5.74) is 3.02. The van der Waals surface area contributed by atoms with Gasteiger partial charge in [-0.05, 0) is 6.92 Å². The molecular weight excluding hydrogens is 196 g/mol. The quantitative estimate of drug-likeness (QED) is 0.804. The molecule has 0 amide bonds. The van der Waals surface area contributed by atoms with E-state index in [4.69, 9.17) is 0 Å². The molecule has 0 aliphatic heterocycles. The van der Waals surface area contributed by atoms with Crippen molar-refractivity contribution in [3.63, 3.8) is 0 Å². The smallest absolute Gasteiger partial charge is 0.0794 e. The van der Waals surface area contributed by atoms with E-state index in [0.717, 1.165) is 6.54 Å². The van der Waals surface area contributed by atoms with E-state index in [1.807, 2.05) is 24.1 Å². The summed E-state index contributed by atoms with van der Waals surface area (Å²) in [7, 11) is 0. The number of thiazole rings is 1. The predicted molar refractivity (Wildman–Crippen MR) is 56.0 cm³/mol. The number of nitrogens with one attached hydrogen (secondary N) is 2. The average molecular weight is 208 g/mol. The van der Waals surface area contributed by atoms with Crippen LogP contribution >= 0.6 is 11.3 Å². The molecule has 2 aromatic heterocycles. The van der Waals surface area contributed by atoms with Crippen LogP contribution in [0.3, 0.4) is 0 Å². The van der Waals surface area contributed by atoms with Crippen LogP contribution in [0.4, 0.5) is 0 Å². The van der Waals surface area contributed by atoms with Crippen LogP contribution in [0.15, 0.2) is 24.1 Å². The van der Waals surface area contributed by atoms with Gasteiger partial charge in [-0.3, -0.25) is 10.1 Å². The molecule has 74 valence electrons. The van der Waals surface area contributed by atoms with Crippen molar-refractivity contribution in [2.24, 2.45) is 0 Å². The Bertz CT molecular complexity index is 354. The van der Waals surface area contributed by atoms with Crippen molar-refractivity contribution < 1.29 is 0 Å². The van der Waals surface area contributed by atoms with Crippen LogP contribution < -0.4 is 5.32 Å². The standard InChI is InChI=1S/C9H12N4S/c1-7(8-2-12-13-3-8)11-5-9-4-10-6-14-9/h2-4,6-7,11H,5H2,1H3,(H,12,13). The molecule has 2 aromatic rings. The van der Waals surface area contributed by atoms with E-state index in [1.54, 1.807) is 11.3 Å². The van der Waals surface area contributed by atoms with Crippen LogP contribution in [-0.4, -0.2) is 15.2 Å². The van der Waals surface area contributed by atoms with Crippen molar-refractivity contribution in [2.45, 2.75) is 19.5 Å². The maximum absolute atomic E-state index is 4.02. The first-order chi connectivity index (χ1) is 6.86. The molecule has 2 rings (SSSR count). The van der Waals surface area contributed by atoms with E-state index in [2.05, 4.69) is 27.4 Å². The molecule has 2 heterocycles. The van der Waals surface area contributed by atoms with Gasteiger partial charge in [-0.25, -0.2) is 0 Å². The largest absolute Gasteiger partial charge is 0.305 e. The van der Waals surface area contributed by atoms with Crippen LogP contribution in [0.5, 0.6) is 0 Å². The summed E-state index contributed by atoms with van der Waals surface area (Å²) in [6.45, 7) is 2.98. The van der Waals surface area contributed by atoms with Gasteiger partial charge in [-0.2, -0.15) is 5.10 Å². The van der Waals surface area contributed by atoms with E-state index in [0.29, 0.717) is 6.04 Å². The molecule has 0 saturated carbocycles. The first-order valence-electron chi connectivity index (χ1n) is 4.45. The zero-order valence-corrected chi connectivity index (χ0v) is 8.71. The molecule has 4 nitrogen and oxygen atoms in total. The Morgan fingerprint density at radius 2 is 2.50 bits per heavy atom. The molecule has 1 atom stereocenters. The van der Waals surface area contributed by atoms with Crippen LogP contribution in [0, 0.1) is 0 Å². The molecule has 0 aliphatic carbocycles. The Hall–Kier alpha value is -1.20. The lowest BCUT2D eigenvalue weighted by Crippen LogP contribution is -2.16. The molecule has 0 saturated heterocycles. The number of aromatic nitrogens is 3. The normalized spacial score (nSPS) is 12.9. The molecular formula is C9H12N4S. The topological polar surface area (TPSA) is 53.6 Å². The van der Waals surface area contributed by atoms with Crippen molar-refractivity contribution >= 4 is 11.3 Å². The third-order valence-electron chi connectivity index (χ3n) is 2.09. The zero-order valence-electron chi connectivity index (χ0n) is 7.90. The summed E-state index contributed by atoms with van der Waals surface area (Å²) >= 11 is 1.67. The van der Waals surface area contributed by atoms with Gasteiger partial charge >= 0.3 is 0 Å². The minimum absolute atomic E-state index is 0.316. The third kappa shape index (κ3) is 2.18. The number of rotatable bonds is 4. The van der Waals surface area contributed by atoms with Crippen molar-refractivity contribution in [1.29, 1.82) is 0 Å². The van der Waals surface area contributed by atoms with Gasteiger partial charge < -0.3 is 5.32 Å². The van der Waals surface area contributed by atoms with Gasteiger partial charge in [0.15, 0.2) is 0 Å². The second-order valence-corrected chi connectivity index (χ2v) is 4.07. The molecule has 5 heteroatoms. The highest BCUT2D eigenvalue weighted by atomic mass is 32.1. The Balaban J connectivity index is 1.87. The highest BCUT2D eigenvalue weighted by Crippen LogP contribution is 2.11. The highest BCUT2D eigenvalue weighted by Gasteiger charge is 2.05. The maximum atomic E-state index is 4.02. The van der Waals surface area contributed by atoms with Gasteiger partial charge in [0, 0.05) is 35.4 Å². The first kappa shape index (κ1) is 9.36. The van der Waals surface area contributed by atoms with Gasteiger partial charge in [0.2, 0.25) is 0 Å². The van der Waals surface area contributed by atoms with Crippen molar-refractivity contribution in [1.82, 2.24) is 20.5 Å². The molecule has 0 fully saturated rings. The molecule has 14 heavy (non-hydrogen) atoms. The minimum Gasteiger partial charge on any atom is -0.305 e. The fourth-order valence-corrected chi connectivity index (χ4v) is 1.74. The van der Waals surface area contributed by atoms with Gasteiger partial charge in [0.25, 0.3) is 0 Å². The summed E-state index contributed by atoms with van der Waals surface area (Å²) in [6.07, 6.45) is 5.63. The van der Waals surface area contributed by atoms with Gasteiger partial charge in [-0.1, -0.05) is 0 Å². The third-order valence-corrected chi connectivity index (χ3v) is 2.86. The first-order valence-corrected chi connectivity index (χ1v) is 5.33. The number of hydrogen-bond donors (Lipinski definition) is 2. The monoisotopic (exact) mass is 208 g/mol. The van der Waals surface area contributed by atoms with Crippen molar-refractivity contribution in [3.8, 4) is 0 Å². The minimum atomic E-state index is 0.316. The van der Waals surface area contributed by atoms with Gasteiger partial charge in [-0.15, -0.1) is 11.3 Å². The fourth-order valence-electron chi connectivity index (χ4n) is 1.20. The van der Waals surface area contributed by atoms with E-state index in [1.165, 1.54) is 10.4 Å². The Kier molecular flexibility index (Phi) is 2.90. The van der Waals surface area contributed by atoms with Crippen LogP contribution in [0.2, 0.25) is 0 Å². The molecule has 0 aromatic carbocycles. The van der Waals surface area contributed by atoms with E-state index in [9.17, 15) is 0 Å². The summed E-state index contributed by atoms with van der Waals surface area (Å²) in [4.78, 5) is 5.27.